The van der Waals surface area contributed by atoms with Crippen LogP contribution in [-0.2, 0) is 0 Å². The van der Waals surface area contributed by atoms with Gasteiger partial charge in [-0.25, -0.2) is 4.39 Å². The van der Waals surface area contributed by atoms with Gasteiger partial charge in [-0.05, 0) is 12.8 Å². The molecule has 0 radical (unpaired) electrons. The van der Waals surface area contributed by atoms with E-state index < -0.39 is 5.67 Å². The summed E-state index contributed by atoms with van der Waals surface area (Å²) in [6.45, 7) is 9.33. The van der Waals surface area contributed by atoms with E-state index >= 15 is 0 Å². The van der Waals surface area contributed by atoms with E-state index in [9.17, 15) is 4.39 Å². The summed E-state index contributed by atoms with van der Waals surface area (Å²) in [6, 6.07) is 0. The molecule has 12 heavy (non-hydrogen) atoms. The monoisotopic (exact) mass is 171 g/mol. The molecule has 0 aromatic heterocycles. The van der Waals surface area contributed by atoms with E-state index in [1.165, 1.54) is 0 Å². The zero-order valence-corrected chi connectivity index (χ0v) is 8.18. The Morgan fingerprint density at radius 3 is 2.33 bits per heavy atom. The molecule has 2 unspecified atom stereocenters. The zero-order valence-electron chi connectivity index (χ0n) is 8.18. The van der Waals surface area contributed by atoms with Crippen molar-refractivity contribution >= 4 is 0 Å². The van der Waals surface area contributed by atoms with E-state index in [0.717, 1.165) is 19.6 Å². The Hall–Kier alpha value is -0.110. The van der Waals surface area contributed by atoms with Crippen molar-refractivity contribution in [3.63, 3.8) is 0 Å². The van der Waals surface area contributed by atoms with E-state index in [0.29, 0.717) is 17.8 Å². The topological polar surface area (TPSA) is 3.24 Å². The van der Waals surface area contributed by atoms with Crippen LogP contribution in [0, 0.1) is 17.8 Å². The van der Waals surface area contributed by atoms with Gasteiger partial charge >= 0.3 is 0 Å². The minimum atomic E-state index is -0.812. The molecule has 0 amide bonds. The summed E-state index contributed by atoms with van der Waals surface area (Å²) >= 11 is 0. The second-order valence-corrected chi connectivity index (χ2v) is 4.98. The molecule has 1 saturated heterocycles. The zero-order chi connectivity index (χ0) is 8.93. The molecule has 2 heteroatoms. The highest BCUT2D eigenvalue weighted by Crippen LogP contribution is 2.57. The molecule has 2 atom stereocenters. The molecular weight excluding hydrogens is 153 g/mol. The standard InChI is InChI=1S/C10H18FN/c1-7(2)4-12-5-8-9(6-12)10(8,3)11/h7-9H,4-6H2,1-3H3. The van der Waals surface area contributed by atoms with E-state index in [2.05, 4.69) is 18.7 Å². The molecular formula is C10H18FN. The van der Waals surface area contributed by atoms with Crippen molar-refractivity contribution in [1.82, 2.24) is 4.90 Å². The predicted octanol–water partition coefficient (Wildman–Crippen LogP) is 1.93. The number of halogens is 1. The maximum atomic E-state index is 13.4. The number of alkyl halides is 1. The third-order valence-corrected chi connectivity index (χ3v) is 3.36. The molecule has 2 fully saturated rings. The summed E-state index contributed by atoms with van der Waals surface area (Å²) in [5.41, 5.74) is -0.812. The number of fused-ring (bicyclic) bond motifs is 1. The molecule has 0 spiro atoms. The molecule has 1 saturated carbocycles. The van der Waals surface area contributed by atoms with Gasteiger partial charge in [0.25, 0.3) is 0 Å². The molecule has 1 nitrogen and oxygen atoms in total. The number of nitrogens with zero attached hydrogens (tertiary/aromatic N) is 1. The molecule has 2 aliphatic rings. The lowest BCUT2D eigenvalue weighted by Gasteiger charge is -2.21. The average Bonchev–Trinajstić information content (AvgIpc) is 2.38. The minimum absolute atomic E-state index is 0.358. The molecule has 0 aromatic carbocycles. The second kappa shape index (κ2) is 2.44. The molecule has 0 aromatic rings. The third kappa shape index (κ3) is 1.17. The Balaban J connectivity index is 1.82. The van der Waals surface area contributed by atoms with Crippen LogP contribution in [0.25, 0.3) is 0 Å². The van der Waals surface area contributed by atoms with Crippen LogP contribution in [0.3, 0.4) is 0 Å². The SMILES string of the molecule is CC(C)CN1CC2C(C1)C2(C)F. The van der Waals surface area contributed by atoms with Crippen LogP contribution >= 0.6 is 0 Å². The molecule has 1 aliphatic carbocycles. The fourth-order valence-electron chi connectivity index (χ4n) is 2.57. The lowest BCUT2D eigenvalue weighted by molar-refractivity contribution is 0.187. The van der Waals surface area contributed by atoms with Gasteiger partial charge in [-0.15, -0.1) is 0 Å². The quantitative estimate of drug-likeness (QED) is 0.613. The number of rotatable bonds is 2. The fourth-order valence-corrected chi connectivity index (χ4v) is 2.57. The van der Waals surface area contributed by atoms with Gasteiger partial charge in [-0.3, -0.25) is 0 Å². The van der Waals surface area contributed by atoms with Crippen molar-refractivity contribution in [2.45, 2.75) is 26.4 Å². The Bertz CT molecular complexity index is 174. The Morgan fingerprint density at radius 2 is 1.92 bits per heavy atom. The van der Waals surface area contributed by atoms with Gasteiger partial charge in [0, 0.05) is 31.5 Å². The summed E-state index contributed by atoms with van der Waals surface area (Å²) in [7, 11) is 0. The van der Waals surface area contributed by atoms with Crippen molar-refractivity contribution in [2.24, 2.45) is 17.8 Å². The first kappa shape index (κ1) is 8.49. The first-order chi connectivity index (χ1) is 5.51. The van der Waals surface area contributed by atoms with Crippen LogP contribution in [0.5, 0.6) is 0 Å². The maximum Gasteiger partial charge on any atom is 0.117 e. The summed E-state index contributed by atoms with van der Waals surface area (Å²) in [5.74, 6) is 1.43. The lowest BCUT2D eigenvalue weighted by Crippen LogP contribution is -2.31. The van der Waals surface area contributed by atoms with Crippen LogP contribution in [0.15, 0.2) is 0 Å². The molecule has 0 bridgehead atoms. The van der Waals surface area contributed by atoms with Gasteiger partial charge in [0.1, 0.15) is 5.67 Å². The van der Waals surface area contributed by atoms with Gasteiger partial charge in [0.05, 0.1) is 0 Å². The first-order valence-corrected chi connectivity index (χ1v) is 4.93. The van der Waals surface area contributed by atoms with Crippen molar-refractivity contribution in [2.75, 3.05) is 19.6 Å². The molecule has 70 valence electrons. The van der Waals surface area contributed by atoms with Gasteiger partial charge in [0.2, 0.25) is 0 Å². The maximum absolute atomic E-state index is 13.4. The van der Waals surface area contributed by atoms with Gasteiger partial charge in [-0.1, -0.05) is 13.8 Å². The minimum Gasteiger partial charge on any atom is -0.302 e. The summed E-state index contributed by atoms with van der Waals surface area (Å²) in [6.07, 6.45) is 0. The van der Waals surface area contributed by atoms with Crippen LogP contribution in [0.4, 0.5) is 4.39 Å². The highest BCUT2D eigenvalue weighted by Gasteiger charge is 2.66. The van der Waals surface area contributed by atoms with E-state index in [1.807, 2.05) is 0 Å². The predicted molar refractivity (Wildman–Crippen MR) is 47.8 cm³/mol. The summed E-state index contributed by atoms with van der Waals surface area (Å²) in [5, 5.41) is 0. The van der Waals surface area contributed by atoms with Crippen LogP contribution in [0.1, 0.15) is 20.8 Å². The van der Waals surface area contributed by atoms with Crippen molar-refractivity contribution < 1.29 is 4.39 Å². The second-order valence-electron chi connectivity index (χ2n) is 4.98. The highest BCUT2D eigenvalue weighted by molar-refractivity contribution is 5.15. The van der Waals surface area contributed by atoms with E-state index in [1.54, 1.807) is 6.92 Å². The van der Waals surface area contributed by atoms with Gasteiger partial charge in [0.15, 0.2) is 0 Å². The highest BCUT2D eigenvalue weighted by atomic mass is 19.1. The van der Waals surface area contributed by atoms with Crippen LogP contribution in [-0.4, -0.2) is 30.2 Å². The van der Waals surface area contributed by atoms with E-state index in [-0.39, 0.29) is 0 Å². The van der Waals surface area contributed by atoms with Crippen LogP contribution in [0.2, 0.25) is 0 Å². The van der Waals surface area contributed by atoms with Gasteiger partial charge < -0.3 is 4.90 Å². The molecule has 1 heterocycles. The largest absolute Gasteiger partial charge is 0.302 e. The smallest absolute Gasteiger partial charge is 0.117 e. The number of piperidine rings is 1. The van der Waals surface area contributed by atoms with Gasteiger partial charge in [-0.2, -0.15) is 0 Å². The Morgan fingerprint density at radius 1 is 1.42 bits per heavy atom. The molecule has 0 N–H and O–H groups in total. The van der Waals surface area contributed by atoms with Crippen molar-refractivity contribution in [3.05, 3.63) is 0 Å². The summed E-state index contributed by atoms with van der Waals surface area (Å²) < 4.78 is 13.4. The normalized spacial score (nSPS) is 46.8. The number of hydrogen-bond acceptors (Lipinski definition) is 1. The lowest BCUT2D eigenvalue weighted by atomic mass is 10.2. The van der Waals surface area contributed by atoms with Crippen LogP contribution < -0.4 is 0 Å². The van der Waals surface area contributed by atoms with E-state index in [4.69, 9.17) is 0 Å². The first-order valence-electron chi connectivity index (χ1n) is 4.93. The Kier molecular flexibility index (Phi) is 1.73. The molecule has 1 aliphatic heterocycles. The molecule has 2 rings (SSSR count). The number of likely N-dealkylation sites (tertiary alicyclic amines) is 1. The van der Waals surface area contributed by atoms with Crippen molar-refractivity contribution in [1.29, 1.82) is 0 Å². The van der Waals surface area contributed by atoms with Crippen molar-refractivity contribution in [3.8, 4) is 0 Å². The number of hydrogen-bond donors (Lipinski definition) is 0. The average molecular weight is 171 g/mol. The summed E-state index contributed by atoms with van der Waals surface area (Å²) in [4.78, 5) is 2.40. The fraction of sp³-hybridized carbons (Fsp3) is 1.00. The third-order valence-electron chi connectivity index (χ3n) is 3.36. The Labute approximate surface area is 73.9 Å².